The van der Waals surface area contributed by atoms with Crippen molar-refractivity contribution in [3.8, 4) is 0 Å². The summed E-state index contributed by atoms with van der Waals surface area (Å²) in [6, 6.07) is 8.66. The summed E-state index contributed by atoms with van der Waals surface area (Å²) in [5.41, 5.74) is 8.94. The number of likely N-dealkylation sites (tertiary alicyclic amines) is 2. The molecule has 3 heterocycles. The maximum absolute atomic E-state index is 12.9. The first-order valence-electron chi connectivity index (χ1n) is 10.1. The topological polar surface area (TPSA) is 92.4 Å². The van der Waals surface area contributed by atoms with Gasteiger partial charge in [-0.15, -0.1) is 5.10 Å². The van der Waals surface area contributed by atoms with Crippen molar-refractivity contribution >= 4 is 23.3 Å². The molecular formula is C21H27N5O2S. The van der Waals surface area contributed by atoms with E-state index in [1.54, 1.807) is 0 Å². The van der Waals surface area contributed by atoms with Gasteiger partial charge < -0.3 is 10.6 Å². The molecule has 4 rings (SSSR count). The second-order valence-corrected chi connectivity index (χ2v) is 8.81. The van der Waals surface area contributed by atoms with Gasteiger partial charge in [0.05, 0.1) is 12.2 Å². The molecule has 2 saturated heterocycles. The number of aryl methyl sites for hydroxylation is 1. The molecule has 0 bridgehead atoms. The average molecular weight is 414 g/mol. The van der Waals surface area contributed by atoms with E-state index in [-0.39, 0.29) is 23.7 Å². The Morgan fingerprint density at radius 2 is 1.83 bits per heavy atom. The first kappa shape index (κ1) is 20.0. The molecular weight excluding hydrogens is 386 g/mol. The van der Waals surface area contributed by atoms with Crippen LogP contribution in [-0.4, -0.2) is 63.9 Å². The number of rotatable bonds is 5. The molecule has 1 aromatic carbocycles. The normalized spacial score (nSPS) is 23.4. The minimum absolute atomic E-state index is 0.0988. The number of hydrogen-bond acceptors (Lipinski definition) is 6. The van der Waals surface area contributed by atoms with Crippen LogP contribution in [0.4, 0.5) is 0 Å². The number of aromatic nitrogens is 2. The van der Waals surface area contributed by atoms with Gasteiger partial charge in [0.2, 0.25) is 11.8 Å². The quantitative estimate of drug-likeness (QED) is 0.806. The van der Waals surface area contributed by atoms with Crippen molar-refractivity contribution in [2.75, 3.05) is 32.7 Å². The Bertz CT molecular complexity index is 846. The van der Waals surface area contributed by atoms with E-state index in [0.717, 1.165) is 18.8 Å². The summed E-state index contributed by atoms with van der Waals surface area (Å²) in [6.07, 6.45) is 1.33. The molecule has 2 amide bonds. The maximum atomic E-state index is 12.9. The molecule has 2 aromatic rings. The highest BCUT2D eigenvalue weighted by atomic mass is 32.1. The monoisotopic (exact) mass is 413 g/mol. The molecule has 2 aliphatic heterocycles. The molecule has 0 spiro atoms. The van der Waals surface area contributed by atoms with E-state index in [4.69, 9.17) is 5.73 Å². The number of hydrogen-bond donors (Lipinski definition) is 1. The summed E-state index contributed by atoms with van der Waals surface area (Å²) in [5.74, 6) is 0.320. The molecule has 0 unspecified atom stereocenters. The van der Waals surface area contributed by atoms with Crippen LogP contribution in [0.3, 0.4) is 0 Å². The Morgan fingerprint density at radius 1 is 1.14 bits per heavy atom. The zero-order chi connectivity index (χ0) is 20.4. The third kappa shape index (κ3) is 4.48. The van der Waals surface area contributed by atoms with Gasteiger partial charge in [-0.2, -0.15) is 0 Å². The smallest absolute Gasteiger partial charge is 0.236 e. The molecule has 2 aliphatic rings. The first-order chi connectivity index (χ1) is 14.0. The van der Waals surface area contributed by atoms with Crippen LogP contribution < -0.4 is 5.73 Å². The van der Waals surface area contributed by atoms with E-state index in [0.29, 0.717) is 38.4 Å². The minimum Gasteiger partial charge on any atom is -0.369 e. The first-order valence-corrected chi connectivity index (χ1v) is 11.0. The van der Waals surface area contributed by atoms with Gasteiger partial charge in [-0.05, 0) is 36.9 Å². The average Bonchev–Trinajstić information content (AvgIpc) is 3.38. The van der Waals surface area contributed by atoms with Crippen molar-refractivity contribution in [1.29, 1.82) is 0 Å². The lowest BCUT2D eigenvalue weighted by Gasteiger charge is -2.31. The van der Waals surface area contributed by atoms with Gasteiger partial charge in [-0.1, -0.05) is 34.3 Å². The van der Waals surface area contributed by atoms with E-state index in [1.165, 1.54) is 22.7 Å². The number of amides is 2. The Labute approximate surface area is 175 Å². The van der Waals surface area contributed by atoms with Gasteiger partial charge in [0.15, 0.2) is 0 Å². The number of carbonyl (C=O) groups is 2. The van der Waals surface area contributed by atoms with Gasteiger partial charge in [-0.25, -0.2) is 0 Å². The Kier molecular flexibility index (Phi) is 5.91. The summed E-state index contributed by atoms with van der Waals surface area (Å²) >= 11 is 1.37. The Morgan fingerprint density at radius 3 is 2.45 bits per heavy atom. The standard InChI is InChI=1S/C21H27N5O2S/c1-14-2-4-15(5-3-14)17-10-25(11-18(17)19-13-29-24-23-19)12-20(27)26-8-6-16(7-9-26)21(22)28/h2-5,13,16-18H,6-12H2,1H3,(H2,22,28)/t17-,18+/m0/s1. The van der Waals surface area contributed by atoms with Crippen LogP contribution in [0.1, 0.15) is 41.5 Å². The largest absolute Gasteiger partial charge is 0.369 e. The Balaban J connectivity index is 1.43. The second kappa shape index (κ2) is 8.59. The zero-order valence-corrected chi connectivity index (χ0v) is 17.5. The number of nitrogens with two attached hydrogens (primary N) is 1. The highest BCUT2D eigenvalue weighted by molar-refractivity contribution is 7.03. The number of benzene rings is 1. The fourth-order valence-electron chi connectivity index (χ4n) is 4.50. The number of piperidine rings is 1. The van der Waals surface area contributed by atoms with Crippen molar-refractivity contribution in [3.63, 3.8) is 0 Å². The van der Waals surface area contributed by atoms with E-state index in [1.807, 2.05) is 10.3 Å². The molecule has 0 radical (unpaired) electrons. The summed E-state index contributed by atoms with van der Waals surface area (Å²) in [7, 11) is 0. The maximum Gasteiger partial charge on any atom is 0.236 e. The molecule has 0 saturated carbocycles. The van der Waals surface area contributed by atoms with E-state index < -0.39 is 0 Å². The molecule has 154 valence electrons. The van der Waals surface area contributed by atoms with Crippen molar-refractivity contribution in [3.05, 3.63) is 46.5 Å². The van der Waals surface area contributed by atoms with Gasteiger partial charge in [0.25, 0.3) is 0 Å². The molecule has 0 aliphatic carbocycles. The Hall–Kier alpha value is -2.32. The molecule has 8 heteroatoms. The molecule has 7 nitrogen and oxygen atoms in total. The van der Waals surface area contributed by atoms with Gasteiger partial charge in [0, 0.05) is 49.3 Å². The summed E-state index contributed by atoms with van der Waals surface area (Å²) in [6.45, 7) is 5.34. The summed E-state index contributed by atoms with van der Waals surface area (Å²) < 4.78 is 4.05. The van der Waals surface area contributed by atoms with Crippen molar-refractivity contribution < 1.29 is 9.59 Å². The highest BCUT2D eigenvalue weighted by Crippen LogP contribution is 2.39. The predicted octanol–water partition coefficient (Wildman–Crippen LogP) is 1.75. The zero-order valence-electron chi connectivity index (χ0n) is 16.7. The minimum atomic E-state index is -0.253. The third-order valence-corrected chi connectivity index (χ3v) is 6.79. The van der Waals surface area contributed by atoms with E-state index in [9.17, 15) is 9.59 Å². The lowest BCUT2D eigenvalue weighted by Crippen LogP contribution is -2.45. The van der Waals surface area contributed by atoms with Crippen LogP contribution in [-0.2, 0) is 9.59 Å². The third-order valence-electron chi connectivity index (χ3n) is 6.27. The van der Waals surface area contributed by atoms with Crippen LogP contribution in [0, 0.1) is 12.8 Å². The number of primary amides is 1. The number of nitrogens with zero attached hydrogens (tertiary/aromatic N) is 4. The van der Waals surface area contributed by atoms with E-state index >= 15 is 0 Å². The van der Waals surface area contributed by atoms with E-state index in [2.05, 4.69) is 45.7 Å². The second-order valence-electron chi connectivity index (χ2n) is 8.20. The molecule has 29 heavy (non-hydrogen) atoms. The molecule has 2 N–H and O–H groups in total. The van der Waals surface area contributed by atoms with Crippen molar-refractivity contribution in [2.45, 2.75) is 31.6 Å². The molecule has 2 fully saturated rings. The van der Waals surface area contributed by atoms with Crippen LogP contribution in [0.2, 0.25) is 0 Å². The van der Waals surface area contributed by atoms with Gasteiger partial charge >= 0.3 is 0 Å². The fraction of sp³-hybridized carbons (Fsp3) is 0.524. The highest BCUT2D eigenvalue weighted by Gasteiger charge is 2.37. The lowest BCUT2D eigenvalue weighted by molar-refractivity contribution is -0.135. The van der Waals surface area contributed by atoms with Crippen LogP contribution in [0.5, 0.6) is 0 Å². The molecule has 1 aromatic heterocycles. The SMILES string of the molecule is Cc1ccc([C@@H]2CN(CC(=O)N3CCC(C(N)=O)CC3)C[C@H]2c2csnn2)cc1. The predicted molar refractivity (Wildman–Crippen MR) is 112 cm³/mol. The molecule has 2 atom stereocenters. The van der Waals surface area contributed by atoms with Crippen LogP contribution in [0.15, 0.2) is 29.6 Å². The van der Waals surface area contributed by atoms with Gasteiger partial charge in [0.1, 0.15) is 0 Å². The van der Waals surface area contributed by atoms with Crippen LogP contribution in [0.25, 0.3) is 0 Å². The van der Waals surface area contributed by atoms with Crippen molar-refractivity contribution in [1.82, 2.24) is 19.4 Å². The summed E-state index contributed by atoms with van der Waals surface area (Å²) in [5, 5.41) is 6.34. The van der Waals surface area contributed by atoms with Crippen LogP contribution >= 0.6 is 11.5 Å². The fourth-order valence-corrected chi connectivity index (χ4v) is 5.02. The number of carbonyl (C=O) groups excluding carboxylic acids is 2. The summed E-state index contributed by atoms with van der Waals surface area (Å²) in [4.78, 5) is 28.3. The lowest BCUT2D eigenvalue weighted by atomic mass is 9.87. The van der Waals surface area contributed by atoms with Gasteiger partial charge in [-0.3, -0.25) is 14.5 Å². The van der Waals surface area contributed by atoms with Crippen molar-refractivity contribution in [2.24, 2.45) is 11.7 Å².